The molecule has 2 aromatic rings. The van der Waals surface area contributed by atoms with Crippen LogP contribution in [0.15, 0.2) is 16.1 Å². The Hall–Kier alpha value is -1.34. The number of aliphatic hydroxyl groups is 1. The lowest BCUT2D eigenvalue weighted by Gasteiger charge is -2.02. The normalized spacial score (nSPS) is 11.2. The van der Waals surface area contributed by atoms with Gasteiger partial charge in [0.05, 0.1) is 19.3 Å². The van der Waals surface area contributed by atoms with Crippen LogP contribution >= 0.6 is 11.8 Å². The molecule has 0 saturated heterocycles. The zero-order valence-corrected chi connectivity index (χ0v) is 10.3. The number of aromatic nitrogens is 4. The Labute approximate surface area is 102 Å². The Morgan fingerprint density at radius 3 is 3.12 bits per heavy atom. The predicted molar refractivity (Wildman–Crippen MR) is 66.2 cm³/mol. The number of nitrogens with one attached hydrogen (secondary N) is 1. The van der Waals surface area contributed by atoms with Crippen LogP contribution in [0.2, 0.25) is 0 Å². The highest BCUT2D eigenvalue weighted by atomic mass is 32.2. The molecule has 6 nitrogen and oxygen atoms in total. The Morgan fingerprint density at radius 1 is 1.59 bits per heavy atom. The van der Waals surface area contributed by atoms with Crippen LogP contribution in [0.1, 0.15) is 13.3 Å². The predicted octanol–water partition coefficient (Wildman–Crippen LogP) is 0.614. The number of aromatic amines is 1. The highest BCUT2D eigenvalue weighted by molar-refractivity contribution is 7.99. The lowest BCUT2D eigenvalue weighted by atomic mass is 10.4. The SMILES string of the molecule is CCCSc1nc2c(cnn2CCO)c(=O)[nH]1. The molecule has 0 fully saturated rings. The third-order valence-corrected chi connectivity index (χ3v) is 3.32. The van der Waals surface area contributed by atoms with Gasteiger partial charge in [0, 0.05) is 5.75 Å². The first kappa shape index (κ1) is 12.1. The van der Waals surface area contributed by atoms with E-state index in [0.29, 0.717) is 22.7 Å². The summed E-state index contributed by atoms with van der Waals surface area (Å²) >= 11 is 1.51. The molecule has 2 rings (SSSR count). The maximum Gasteiger partial charge on any atom is 0.262 e. The third kappa shape index (κ3) is 2.50. The first-order chi connectivity index (χ1) is 8.26. The number of fused-ring (bicyclic) bond motifs is 1. The molecule has 2 heterocycles. The van der Waals surface area contributed by atoms with Crippen LogP contribution in [0.3, 0.4) is 0 Å². The van der Waals surface area contributed by atoms with Gasteiger partial charge in [0.2, 0.25) is 0 Å². The number of hydrogen-bond donors (Lipinski definition) is 2. The zero-order valence-electron chi connectivity index (χ0n) is 9.51. The van der Waals surface area contributed by atoms with Gasteiger partial charge < -0.3 is 10.1 Å². The van der Waals surface area contributed by atoms with E-state index < -0.39 is 0 Å². The van der Waals surface area contributed by atoms with Crippen molar-refractivity contribution in [3.63, 3.8) is 0 Å². The van der Waals surface area contributed by atoms with Crippen LogP contribution in [-0.4, -0.2) is 37.2 Å². The lowest BCUT2D eigenvalue weighted by molar-refractivity contribution is 0.271. The van der Waals surface area contributed by atoms with E-state index in [2.05, 4.69) is 22.0 Å². The third-order valence-electron chi connectivity index (χ3n) is 2.24. The van der Waals surface area contributed by atoms with Gasteiger partial charge in [-0.3, -0.25) is 4.79 Å². The van der Waals surface area contributed by atoms with Crippen molar-refractivity contribution in [1.29, 1.82) is 0 Å². The highest BCUT2D eigenvalue weighted by Crippen LogP contribution is 2.15. The number of H-pyrrole nitrogens is 1. The number of nitrogens with zero attached hydrogens (tertiary/aromatic N) is 3. The fourth-order valence-corrected chi connectivity index (χ4v) is 2.18. The second kappa shape index (κ2) is 5.33. The molecule has 0 aromatic carbocycles. The molecule has 0 atom stereocenters. The minimum Gasteiger partial charge on any atom is -0.394 e. The molecule has 0 saturated carbocycles. The van der Waals surface area contributed by atoms with Crippen molar-refractivity contribution in [2.45, 2.75) is 25.0 Å². The van der Waals surface area contributed by atoms with Crippen LogP contribution in [-0.2, 0) is 6.54 Å². The summed E-state index contributed by atoms with van der Waals surface area (Å²) in [6.45, 7) is 2.39. The molecule has 0 bridgehead atoms. The van der Waals surface area contributed by atoms with E-state index >= 15 is 0 Å². The monoisotopic (exact) mass is 254 g/mol. The minimum atomic E-state index is -0.183. The van der Waals surface area contributed by atoms with Gasteiger partial charge in [-0.25, -0.2) is 9.67 Å². The molecular weight excluding hydrogens is 240 g/mol. The Kier molecular flexibility index (Phi) is 3.80. The van der Waals surface area contributed by atoms with Crippen molar-refractivity contribution in [2.75, 3.05) is 12.4 Å². The second-order valence-electron chi connectivity index (χ2n) is 3.55. The van der Waals surface area contributed by atoms with Crippen LogP contribution in [0.25, 0.3) is 11.0 Å². The maximum atomic E-state index is 11.8. The number of rotatable bonds is 5. The Balaban J connectivity index is 2.45. The maximum absolute atomic E-state index is 11.8. The lowest BCUT2D eigenvalue weighted by Crippen LogP contribution is -2.11. The van der Waals surface area contributed by atoms with Crippen molar-refractivity contribution < 1.29 is 5.11 Å². The molecule has 0 amide bonds. The molecule has 0 spiro atoms. The van der Waals surface area contributed by atoms with E-state index in [1.54, 1.807) is 4.68 Å². The second-order valence-corrected chi connectivity index (χ2v) is 4.63. The molecule has 0 aliphatic carbocycles. The molecule has 2 N–H and O–H groups in total. The fourth-order valence-electron chi connectivity index (χ4n) is 1.47. The summed E-state index contributed by atoms with van der Waals surface area (Å²) in [5.41, 5.74) is 0.346. The van der Waals surface area contributed by atoms with Crippen LogP contribution in [0.4, 0.5) is 0 Å². The van der Waals surface area contributed by atoms with E-state index in [1.807, 2.05) is 0 Å². The number of thioether (sulfide) groups is 1. The van der Waals surface area contributed by atoms with Gasteiger partial charge in [-0.2, -0.15) is 5.10 Å². The van der Waals surface area contributed by atoms with E-state index in [1.165, 1.54) is 18.0 Å². The van der Waals surface area contributed by atoms with Gasteiger partial charge in [-0.15, -0.1) is 0 Å². The first-order valence-corrected chi connectivity index (χ1v) is 6.44. The summed E-state index contributed by atoms with van der Waals surface area (Å²) in [7, 11) is 0. The van der Waals surface area contributed by atoms with E-state index in [0.717, 1.165) is 12.2 Å². The first-order valence-electron chi connectivity index (χ1n) is 5.45. The fraction of sp³-hybridized carbons (Fsp3) is 0.500. The quantitative estimate of drug-likeness (QED) is 0.603. The summed E-state index contributed by atoms with van der Waals surface area (Å²) in [5, 5.41) is 14.0. The molecule has 17 heavy (non-hydrogen) atoms. The minimum absolute atomic E-state index is 0.0251. The average Bonchev–Trinajstić information content (AvgIpc) is 2.71. The number of hydrogen-bond acceptors (Lipinski definition) is 5. The summed E-state index contributed by atoms with van der Waals surface area (Å²) in [6, 6.07) is 0. The van der Waals surface area contributed by atoms with Gasteiger partial charge >= 0.3 is 0 Å². The van der Waals surface area contributed by atoms with Gasteiger partial charge in [0.25, 0.3) is 5.56 Å². The molecule has 0 radical (unpaired) electrons. The highest BCUT2D eigenvalue weighted by Gasteiger charge is 2.09. The van der Waals surface area contributed by atoms with Crippen molar-refractivity contribution in [2.24, 2.45) is 0 Å². The van der Waals surface area contributed by atoms with Crippen LogP contribution < -0.4 is 5.56 Å². The molecule has 2 aromatic heterocycles. The zero-order chi connectivity index (χ0) is 12.3. The van der Waals surface area contributed by atoms with Crippen LogP contribution in [0.5, 0.6) is 0 Å². The molecule has 0 unspecified atom stereocenters. The Morgan fingerprint density at radius 2 is 2.41 bits per heavy atom. The molecule has 0 aliphatic heterocycles. The van der Waals surface area contributed by atoms with Crippen LogP contribution in [0, 0.1) is 0 Å². The largest absolute Gasteiger partial charge is 0.394 e. The van der Waals surface area contributed by atoms with Gasteiger partial charge in [-0.05, 0) is 6.42 Å². The molecular formula is C10H14N4O2S. The smallest absolute Gasteiger partial charge is 0.262 e. The van der Waals surface area contributed by atoms with Crippen molar-refractivity contribution in [3.05, 3.63) is 16.6 Å². The van der Waals surface area contributed by atoms with Gasteiger partial charge in [0.15, 0.2) is 10.8 Å². The average molecular weight is 254 g/mol. The Bertz CT molecular complexity index is 563. The summed E-state index contributed by atoms with van der Waals surface area (Å²) in [4.78, 5) is 18.8. The summed E-state index contributed by atoms with van der Waals surface area (Å²) in [5.74, 6) is 0.905. The van der Waals surface area contributed by atoms with Crippen molar-refractivity contribution in [1.82, 2.24) is 19.7 Å². The van der Waals surface area contributed by atoms with E-state index in [4.69, 9.17) is 5.11 Å². The van der Waals surface area contributed by atoms with Gasteiger partial charge in [-0.1, -0.05) is 18.7 Å². The van der Waals surface area contributed by atoms with E-state index in [9.17, 15) is 4.79 Å². The van der Waals surface area contributed by atoms with Crippen molar-refractivity contribution >= 4 is 22.8 Å². The van der Waals surface area contributed by atoms with Gasteiger partial charge in [0.1, 0.15) is 5.39 Å². The number of aliphatic hydroxyl groups excluding tert-OH is 1. The summed E-state index contributed by atoms with van der Waals surface area (Å²) in [6.07, 6.45) is 2.49. The topological polar surface area (TPSA) is 83.8 Å². The molecule has 7 heteroatoms. The van der Waals surface area contributed by atoms with E-state index in [-0.39, 0.29) is 12.2 Å². The molecule has 92 valence electrons. The summed E-state index contributed by atoms with van der Waals surface area (Å²) < 4.78 is 1.54. The standard InChI is InChI=1S/C10H14N4O2S/c1-2-5-17-10-12-8-7(9(16)13-10)6-11-14(8)3-4-15/h6,15H,2-5H2,1H3,(H,12,13,16). The van der Waals surface area contributed by atoms with Crippen molar-refractivity contribution in [3.8, 4) is 0 Å². The molecule has 0 aliphatic rings.